The highest BCUT2D eigenvalue weighted by atomic mass is 35.5. The third-order valence-electron chi connectivity index (χ3n) is 4.38. The fourth-order valence-corrected chi connectivity index (χ4v) is 3.28. The summed E-state index contributed by atoms with van der Waals surface area (Å²) < 4.78 is 13.4. The second-order valence-corrected chi connectivity index (χ2v) is 7.42. The van der Waals surface area contributed by atoms with E-state index in [-0.39, 0.29) is 23.7 Å². The molecule has 0 aliphatic carbocycles. The Morgan fingerprint density at radius 1 is 1.30 bits per heavy atom. The number of amides is 1. The zero-order chi connectivity index (χ0) is 19.4. The summed E-state index contributed by atoms with van der Waals surface area (Å²) in [5, 5.41) is 4.74. The van der Waals surface area contributed by atoms with Gasteiger partial charge in [-0.05, 0) is 29.8 Å². The van der Waals surface area contributed by atoms with Gasteiger partial charge in [0.15, 0.2) is 6.10 Å². The molecule has 1 aliphatic rings. The van der Waals surface area contributed by atoms with Gasteiger partial charge in [-0.15, -0.1) is 0 Å². The lowest BCUT2D eigenvalue weighted by Crippen LogP contribution is -2.39. The lowest BCUT2D eigenvalue weighted by atomic mass is 10.0. The van der Waals surface area contributed by atoms with Crippen molar-refractivity contribution in [1.29, 1.82) is 0 Å². The highest BCUT2D eigenvalue weighted by Gasteiger charge is 2.28. The largest absolute Gasteiger partial charge is 0.390 e. The lowest BCUT2D eigenvalue weighted by Gasteiger charge is -2.26. The summed E-state index contributed by atoms with van der Waals surface area (Å²) in [7, 11) is 0. The molecule has 0 N–H and O–H groups in total. The van der Waals surface area contributed by atoms with Crippen molar-refractivity contribution in [2.45, 2.75) is 32.9 Å². The van der Waals surface area contributed by atoms with Gasteiger partial charge in [0, 0.05) is 29.5 Å². The minimum atomic E-state index is -0.309. The van der Waals surface area contributed by atoms with Crippen LogP contribution in [0.5, 0.6) is 0 Å². The Morgan fingerprint density at radius 3 is 2.78 bits per heavy atom. The first kappa shape index (κ1) is 19.4. The number of carbonyl (C=O) groups is 1. The van der Waals surface area contributed by atoms with E-state index in [1.54, 1.807) is 23.1 Å². The van der Waals surface area contributed by atoms with Crippen LogP contribution in [0, 0.1) is 11.7 Å². The van der Waals surface area contributed by atoms with E-state index in [1.807, 2.05) is 32.0 Å². The predicted octanol–water partition coefficient (Wildman–Crippen LogP) is 4.66. The summed E-state index contributed by atoms with van der Waals surface area (Å²) in [6.07, 6.45) is 0.270. The second-order valence-electron chi connectivity index (χ2n) is 6.98. The fourth-order valence-electron chi connectivity index (χ4n) is 3.06. The number of nitrogens with zero attached hydrogens (tertiary/aromatic N) is 2. The molecule has 0 aromatic heterocycles. The Balaban J connectivity index is 1.69. The Labute approximate surface area is 163 Å². The molecular formula is C21H22ClFN2O2. The summed E-state index contributed by atoms with van der Waals surface area (Å²) in [5.74, 6) is -0.400. The van der Waals surface area contributed by atoms with Gasteiger partial charge in [-0.1, -0.05) is 54.9 Å². The average Bonchev–Trinajstić information content (AvgIpc) is 3.09. The highest BCUT2D eigenvalue weighted by molar-refractivity contribution is 6.30. The van der Waals surface area contributed by atoms with Crippen LogP contribution in [0.1, 0.15) is 31.4 Å². The van der Waals surface area contributed by atoms with Crippen LogP contribution in [-0.4, -0.2) is 29.2 Å². The first-order chi connectivity index (χ1) is 12.9. The van der Waals surface area contributed by atoms with Gasteiger partial charge in [0.2, 0.25) is 5.91 Å². The highest BCUT2D eigenvalue weighted by Crippen LogP contribution is 2.21. The number of rotatable bonds is 6. The number of hydrogen-bond donors (Lipinski definition) is 0. The van der Waals surface area contributed by atoms with Crippen molar-refractivity contribution in [1.82, 2.24) is 4.90 Å². The van der Waals surface area contributed by atoms with E-state index in [2.05, 4.69) is 5.16 Å². The second kappa shape index (κ2) is 8.53. The SMILES string of the molecule is CC(C)C(=O)N(Cc1cccc(Cl)c1)C[C@@H]1CC(c2cccc(F)c2)=NO1. The first-order valence-electron chi connectivity index (χ1n) is 8.94. The van der Waals surface area contributed by atoms with Crippen molar-refractivity contribution in [3.05, 3.63) is 70.5 Å². The third kappa shape index (κ3) is 5.07. The van der Waals surface area contributed by atoms with Gasteiger partial charge in [-0.25, -0.2) is 4.39 Å². The van der Waals surface area contributed by atoms with E-state index in [0.717, 1.165) is 5.56 Å². The molecule has 4 nitrogen and oxygen atoms in total. The third-order valence-corrected chi connectivity index (χ3v) is 4.62. The van der Waals surface area contributed by atoms with Gasteiger partial charge in [0.1, 0.15) is 5.82 Å². The number of halogens is 2. The van der Waals surface area contributed by atoms with Crippen LogP contribution >= 0.6 is 11.6 Å². The summed E-state index contributed by atoms with van der Waals surface area (Å²) in [5.41, 5.74) is 2.36. The molecule has 0 spiro atoms. The molecule has 0 fully saturated rings. The summed E-state index contributed by atoms with van der Waals surface area (Å²) in [6, 6.07) is 13.7. The zero-order valence-corrected chi connectivity index (χ0v) is 16.1. The Bertz CT molecular complexity index is 854. The quantitative estimate of drug-likeness (QED) is 0.722. The van der Waals surface area contributed by atoms with E-state index in [1.165, 1.54) is 12.1 Å². The molecule has 0 unspecified atom stereocenters. The van der Waals surface area contributed by atoms with Crippen LogP contribution < -0.4 is 0 Å². The molecule has 2 aromatic carbocycles. The van der Waals surface area contributed by atoms with Gasteiger partial charge in [-0.2, -0.15) is 0 Å². The maximum Gasteiger partial charge on any atom is 0.225 e. The van der Waals surface area contributed by atoms with E-state index in [9.17, 15) is 9.18 Å². The Kier molecular flexibility index (Phi) is 6.11. The zero-order valence-electron chi connectivity index (χ0n) is 15.4. The molecular weight excluding hydrogens is 367 g/mol. The van der Waals surface area contributed by atoms with Crippen LogP contribution in [0.2, 0.25) is 5.02 Å². The number of carbonyl (C=O) groups excluding carboxylic acids is 1. The molecule has 6 heteroatoms. The maximum atomic E-state index is 13.4. The normalized spacial score (nSPS) is 16.2. The minimum absolute atomic E-state index is 0.0396. The maximum absolute atomic E-state index is 13.4. The monoisotopic (exact) mass is 388 g/mol. The Hall–Kier alpha value is -2.40. The van der Waals surface area contributed by atoms with Crippen LogP contribution in [-0.2, 0) is 16.2 Å². The summed E-state index contributed by atoms with van der Waals surface area (Å²) in [6.45, 7) is 4.60. The van der Waals surface area contributed by atoms with Crippen LogP contribution in [0.4, 0.5) is 4.39 Å². The topological polar surface area (TPSA) is 41.9 Å². The van der Waals surface area contributed by atoms with Gasteiger partial charge >= 0.3 is 0 Å². The smallest absolute Gasteiger partial charge is 0.225 e. The van der Waals surface area contributed by atoms with Crippen LogP contribution in [0.25, 0.3) is 0 Å². The summed E-state index contributed by atoms with van der Waals surface area (Å²) >= 11 is 6.06. The van der Waals surface area contributed by atoms with Crippen molar-refractivity contribution in [2.24, 2.45) is 11.1 Å². The van der Waals surface area contributed by atoms with E-state index in [4.69, 9.17) is 16.4 Å². The van der Waals surface area contributed by atoms with Crippen molar-refractivity contribution >= 4 is 23.2 Å². The molecule has 2 aromatic rings. The molecule has 0 radical (unpaired) electrons. The molecule has 1 heterocycles. The average molecular weight is 389 g/mol. The molecule has 1 aliphatic heterocycles. The molecule has 0 bridgehead atoms. The van der Waals surface area contributed by atoms with E-state index in [0.29, 0.717) is 35.8 Å². The minimum Gasteiger partial charge on any atom is -0.390 e. The molecule has 142 valence electrons. The predicted molar refractivity (Wildman–Crippen MR) is 104 cm³/mol. The number of hydrogen-bond acceptors (Lipinski definition) is 3. The van der Waals surface area contributed by atoms with Crippen molar-refractivity contribution in [2.75, 3.05) is 6.54 Å². The van der Waals surface area contributed by atoms with Crippen LogP contribution in [0.15, 0.2) is 53.7 Å². The molecule has 3 rings (SSSR count). The Morgan fingerprint density at radius 2 is 2.07 bits per heavy atom. The first-order valence-corrected chi connectivity index (χ1v) is 9.32. The van der Waals surface area contributed by atoms with Gasteiger partial charge in [0.25, 0.3) is 0 Å². The van der Waals surface area contributed by atoms with Gasteiger partial charge in [0.05, 0.1) is 12.3 Å². The van der Waals surface area contributed by atoms with E-state index < -0.39 is 0 Å². The van der Waals surface area contributed by atoms with Gasteiger partial charge < -0.3 is 9.74 Å². The fraction of sp³-hybridized carbons (Fsp3) is 0.333. The molecule has 1 atom stereocenters. The standard InChI is InChI=1S/C21H22ClFN2O2/c1-14(2)21(26)25(12-15-5-3-7-17(22)9-15)13-19-11-20(24-27-19)16-6-4-8-18(23)10-16/h3-10,14,19H,11-13H2,1-2H3/t19-/m0/s1. The molecule has 0 saturated carbocycles. The number of benzene rings is 2. The molecule has 1 amide bonds. The van der Waals surface area contributed by atoms with Crippen LogP contribution in [0.3, 0.4) is 0 Å². The number of oxime groups is 1. The molecule has 0 saturated heterocycles. The van der Waals surface area contributed by atoms with Crippen molar-refractivity contribution in [3.8, 4) is 0 Å². The van der Waals surface area contributed by atoms with Crippen molar-refractivity contribution in [3.63, 3.8) is 0 Å². The van der Waals surface area contributed by atoms with E-state index >= 15 is 0 Å². The lowest BCUT2D eigenvalue weighted by molar-refractivity contribution is -0.136. The molecule has 27 heavy (non-hydrogen) atoms. The van der Waals surface area contributed by atoms with Crippen molar-refractivity contribution < 1.29 is 14.0 Å². The van der Waals surface area contributed by atoms with Gasteiger partial charge in [-0.3, -0.25) is 4.79 Å². The summed E-state index contributed by atoms with van der Waals surface area (Å²) in [4.78, 5) is 20.0.